The summed E-state index contributed by atoms with van der Waals surface area (Å²) in [5.41, 5.74) is 5.00. The van der Waals surface area contributed by atoms with E-state index in [0.717, 1.165) is 22.6 Å². The molecule has 0 unspecified atom stereocenters. The summed E-state index contributed by atoms with van der Waals surface area (Å²) in [7, 11) is 0. The zero-order valence-electron chi connectivity index (χ0n) is 16.0. The van der Waals surface area contributed by atoms with Gasteiger partial charge in [0.25, 0.3) is 5.91 Å². The van der Waals surface area contributed by atoms with E-state index in [1.54, 1.807) is 29.1 Å². The zero-order valence-corrected chi connectivity index (χ0v) is 16.0. The van der Waals surface area contributed by atoms with E-state index in [9.17, 15) is 9.18 Å². The molecule has 0 radical (unpaired) electrons. The Morgan fingerprint density at radius 1 is 1.14 bits per heavy atom. The lowest BCUT2D eigenvalue weighted by molar-refractivity contribution is 0.0946. The van der Waals surface area contributed by atoms with Gasteiger partial charge in [-0.05, 0) is 56.3 Å². The van der Waals surface area contributed by atoms with Gasteiger partial charge in [0.2, 0.25) is 0 Å². The Labute approximate surface area is 166 Å². The van der Waals surface area contributed by atoms with Crippen molar-refractivity contribution < 1.29 is 9.18 Å². The molecule has 3 heterocycles. The fourth-order valence-electron chi connectivity index (χ4n) is 3.11. The van der Waals surface area contributed by atoms with Crippen LogP contribution in [0.4, 0.5) is 4.39 Å². The van der Waals surface area contributed by atoms with Crippen LogP contribution in [0.1, 0.15) is 27.4 Å². The summed E-state index contributed by atoms with van der Waals surface area (Å²) in [5.74, 6) is -0.569. The molecule has 0 bridgehead atoms. The molecule has 1 aromatic carbocycles. The van der Waals surface area contributed by atoms with Crippen LogP contribution in [0.2, 0.25) is 0 Å². The molecular weight excluding hydrogens is 371 g/mol. The topological polar surface area (TPSA) is 88.5 Å². The van der Waals surface area contributed by atoms with E-state index < -0.39 is 0 Å². The molecule has 7 nitrogen and oxygen atoms in total. The van der Waals surface area contributed by atoms with E-state index in [-0.39, 0.29) is 11.7 Å². The Morgan fingerprint density at radius 2 is 1.93 bits per heavy atom. The summed E-state index contributed by atoms with van der Waals surface area (Å²) in [6, 6.07) is 13.3. The number of H-pyrrole nitrogens is 1. The number of hydrogen-bond acceptors (Lipinski definition) is 4. The Morgan fingerprint density at radius 3 is 2.66 bits per heavy atom. The van der Waals surface area contributed by atoms with Gasteiger partial charge in [-0.3, -0.25) is 14.9 Å². The van der Waals surface area contributed by atoms with E-state index >= 15 is 0 Å². The maximum absolute atomic E-state index is 13.2. The number of nitrogens with zero attached hydrogens (tertiary/aromatic N) is 4. The summed E-state index contributed by atoms with van der Waals surface area (Å²) >= 11 is 0. The average molecular weight is 390 g/mol. The number of carbonyl (C=O) groups is 1. The number of amides is 1. The van der Waals surface area contributed by atoms with Crippen LogP contribution in [0.3, 0.4) is 0 Å². The quantitative estimate of drug-likeness (QED) is 0.547. The Bertz CT molecular complexity index is 1150. The first-order valence-corrected chi connectivity index (χ1v) is 9.09. The fourth-order valence-corrected chi connectivity index (χ4v) is 3.11. The fraction of sp³-hybridized carbons (Fsp3) is 0.143. The van der Waals surface area contributed by atoms with E-state index in [2.05, 4.69) is 25.6 Å². The number of aromatic nitrogens is 5. The summed E-state index contributed by atoms with van der Waals surface area (Å²) in [6.45, 7) is 4.11. The van der Waals surface area contributed by atoms with Gasteiger partial charge in [0, 0.05) is 24.0 Å². The molecule has 0 saturated carbocycles. The Hall–Kier alpha value is -3.81. The molecule has 1 amide bonds. The third kappa shape index (κ3) is 3.77. The van der Waals surface area contributed by atoms with Gasteiger partial charge in [-0.25, -0.2) is 9.07 Å². The molecule has 0 fully saturated rings. The van der Waals surface area contributed by atoms with Gasteiger partial charge in [0.1, 0.15) is 17.2 Å². The molecule has 4 rings (SSSR count). The molecule has 4 aromatic rings. The van der Waals surface area contributed by atoms with Gasteiger partial charge in [-0.2, -0.15) is 10.2 Å². The molecule has 0 spiro atoms. The van der Waals surface area contributed by atoms with Gasteiger partial charge >= 0.3 is 0 Å². The number of pyridine rings is 1. The monoisotopic (exact) mass is 390 g/mol. The van der Waals surface area contributed by atoms with Crippen molar-refractivity contribution in [2.24, 2.45) is 0 Å². The lowest BCUT2D eigenvalue weighted by Crippen LogP contribution is -2.23. The predicted molar refractivity (Wildman–Crippen MR) is 106 cm³/mol. The van der Waals surface area contributed by atoms with Crippen LogP contribution in [0.25, 0.3) is 17.1 Å². The SMILES string of the molecule is Cc1nn(-c2ccc(F)cc2)c(C)c1CNC(=O)c1cc(-c2ccccn2)n[nH]1. The standard InChI is InChI=1S/C21H19FN6O/c1-13-17(14(2)28(27-13)16-8-6-15(22)7-9-16)12-24-21(29)20-11-19(25-26-20)18-5-3-4-10-23-18/h3-11H,12H2,1-2H3,(H,24,29)(H,25,26). The Balaban J connectivity index is 1.49. The van der Waals surface area contributed by atoms with Crippen molar-refractivity contribution in [1.29, 1.82) is 0 Å². The first-order chi connectivity index (χ1) is 14.0. The number of nitrogens with one attached hydrogen (secondary N) is 2. The van der Waals surface area contributed by atoms with Gasteiger partial charge in [-0.15, -0.1) is 0 Å². The third-order valence-corrected chi connectivity index (χ3v) is 4.69. The summed E-state index contributed by atoms with van der Waals surface area (Å²) in [6.07, 6.45) is 1.67. The number of aryl methyl sites for hydroxylation is 1. The minimum atomic E-state index is -0.299. The highest BCUT2D eigenvalue weighted by Gasteiger charge is 2.16. The van der Waals surface area contributed by atoms with Gasteiger partial charge in [0.05, 0.1) is 17.1 Å². The van der Waals surface area contributed by atoms with Crippen molar-refractivity contribution in [3.8, 4) is 17.1 Å². The second-order valence-electron chi connectivity index (χ2n) is 6.60. The lowest BCUT2D eigenvalue weighted by Gasteiger charge is -2.06. The maximum Gasteiger partial charge on any atom is 0.269 e. The highest BCUT2D eigenvalue weighted by atomic mass is 19.1. The van der Waals surface area contributed by atoms with Crippen molar-refractivity contribution in [3.05, 3.63) is 83.2 Å². The summed E-state index contributed by atoms with van der Waals surface area (Å²) < 4.78 is 14.9. The van der Waals surface area contributed by atoms with Crippen LogP contribution in [-0.4, -0.2) is 30.9 Å². The van der Waals surface area contributed by atoms with Crippen LogP contribution in [-0.2, 0) is 6.54 Å². The summed E-state index contributed by atoms with van der Waals surface area (Å²) in [5, 5.41) is 14.3. The second-order valence-corrected chi connectivity index (χ2v) is 6.60. The molecule has 0 aliphatic carbocycles. The molecule has 8 heteroatoms. The Kier molecular flexibility index (Phi) is 4.90. The second kappa shape index (κ2) is 7.67. The van der Waals surface area contributed by atoms with E-state index in [0.29, 0.717) is 23.6 Å². The number of halogens is 1. The number of aromatic amines is 1. The number of benzene rings is 1. The molecule has 0 aliphatic rings. The van der Waals surface area contributed by atoms with Crippen LogP contribution < -0.4 is 5.32 Å². The highest BCUT2D eigenvalue weighted by molar-refractivity contribution is 5.93. The molecule has 3 aromatic heterocycles. The molecule has 0 aliphatic heterocycles. The minimum absolute atomic E-state index is 0.270. The first-order valence-electron chi connectivity index (χ1n) is 9.09. The van der Waals surface area contributed by atoms with Crippen LogP contribution in [0.5, 0.6) is 0 Å². The van der Waals surface area contributed by atoms with Gasteiger partial charge in [0.15, 0.2) is 0 Å². The molecular formula is C21H19FN6O. The molecule has 0 atom stereocenters. The van der Waals surface area contributed by atoms with Crippen molar-refractivity contribution in [2.75, 3.05) is 0 Å². The van der Waals surface area contributed by atoms with Crippen molar-refractivity contribution >= 4 is 5.91 Å². The van der Waals surface area contributed by atoms with Crippen molar-refractivity contribution in [1.82, 2.24) is 30.3 Å². The lowest BCUT2D eigenvalue weighted by atomic mass is 10.2. The van der Waals surface area contributed by atoms with E-state index in [4.69, 9.17) is 0 Å². The number of hydrogen-bond donors (Lipinski definition) is 2. The predicted octanol–water partition coefficient (Wildman–Crippen LogP) is 3.34. The molecule has 29 heavy (non-hydrogen) atoms. The smallest absolute Gasteiger partial charge is 0.269 e. The number of rotatable bonds is 5. The largest absolute Gasteiger partial charge is 0.347 e. The van der Waals surface area contributed by atoms with Crippen molar-refractivity contribution in [2.45, 2.75) is 20.4 Å². The van der Waals surface area contributed by atoms with Crippen molar-refractivity contribution in [3.63, 3.8) is 0 Å². The maximum atomic E-state index is 13.2. The molecule has 2 N–H and O–H groups in total. The summed E-state index contributed by atoms with van der Waals surface area (Å²) in [4.78, 5) is 16.8. The van der Waals surface area contributed by atoms with Crippen LogP contribution >= 0.6 is 0 Å². The van der Waals surface area contributed by atoms with E-state index in [1.807, 2.05) is 32.0 Å². The zero-order chi connectivity index (χ0) is 20.4. The first kappa shape index (κ1) is 18.5. The molecule has 0 saturated heterocycles. The van der Waals surface area contributed by atoms with E-state index in [1.165, 1.54) is 12.1 Å². The molecule has 146 valence electrons. The van der Waals surface area contributed by atoms with Crippen LogP contribution in [0, 0.1) is 19.7 Å². The number of carbonyl (C=O) groups excluding carboxylic acids is 1. The highest BCUT2D eigenvalue weighted by Crippen LogP contribution is 2.19. The normalized spacial score (nSPS) is 10.9. The van der Waals surface area contributed by atoms with Gasteiger partial charge in [-0.1, -0.05) is 6.07 Å². The van der Waals surface area contributed by atoms with Crippen LogP contribution in [0.15, 0.2) is 54.7 Å². The van der Waals surface area contributed by atoms with Gasteiger partial charge < -0.3 is 5.32 Å². The average Bonchev–Trinajstić information content (AvgIpc) is 3.33. The minimum Gasteiger partial charge on any atom is -0.347 e. The third-order valence-electron chi connectivity index (χ3n) is 4.69.